The molecular weight excluding hydrogens is 280 g/mol. The SMILES string of the molecule is CCCNC(CCc1ccc(OC)cc1)c1scnc1C. The van der Waals surface area contributed by atoms with Crippen LogP contribution in [0.5, 0.6) is 5.75 Å². The summed E-state index contributed by atoms with van der Waals surface area (Å²) in [6.07, 6.45) is 3.30. The van der Waals surface area contributed by atoms with Crippen molar-refractivity contribution >= 4 is 11.3 Å². The molecule has 2 aromatic rings. The van der Waals surface area contributed by atoms with Crippen molar-refractivity contribution in [2.45, 2.75) is 39.2 Å². The van der Waals surface area contributed by atoms with E-state index in [0.29, 0.717) is 6.04 Å². The Hall–Kier alpha value is -1.39. The average molecular weight is 304 g/mol. The van der Waals surface area contributed by atoms with Gasteiger partial charge in [-0.3, -0.25) is 0 Å². The molecule has 4 heteroatoms. The summed E-state index contributed by atoms with van der Waals surface area (Å²) in [6, 6.07) is 8.76. The topological polar surface area (TPSA) is 34.1 Å². The van der Waals surface area contributed by atoms with Gasteiger partial charge in [-0.05, 0) is 50.4 Å². The minimum absolute atomic E-state index is 0.402. The molecule has 0 radical (unpaired) electrons. The molecule has 0 spiro atoms. The maximum absolute atomic E-state index is 5.20. The lowest BCUT2D eigenvalue weighted by Crippen LogP contribution is -2.22. The fraction of sp³-hybridized carbons (Fsp3) is 0.471. The lowest BCUT2D eigenvalue weighted by atomic mass is 10.0. The molecule has 21 heavy (non-hydrogen) atoms. The van der Waals surface area contributed by atoms with Gasteiger partial charge in [0, 0.05) is 10.9 Å². The molecule has 0 aliphatic rings. The molecule has 1 aromatic heterocycles. The zero-order valence-corrected chi connectivity index (χ0v) is 13.9. The quantitative estimate of drug-likeness (QED) is 0.796. The van der Waals surface area contributed by atoms with Gasteiger partial charge in [0.05, 0.1) is 18.3 Å². The van der Waals surface area contributed by atoms with Crippen molar-refractivity contribution in [3.8, 4) is 5.75 Å². The Bertz CT molecular complexity index is 536. The number of aromatic nitrogens is 1. The third-order valence-electron chi connectivity index (χ3n) is 3.62. The predicted octanol–water partition coefficient (Wildman–Crippen LogP) is 4.13. The van der Waals surface area contributed by atoms with Crippen molar-refractivity contribution in [1.82, 2.24) is 10.3 Å². The van der Waals surface area contributed by atoms with Crippen molar-refractivity contribution < 1.29 is 4.74 Å². The Balaban J connectivity index is 1.99. The van der Waals surface area contributed by atoms with Crippen LogP contribution in [0.4, 0.5) is 0 Å². The van der Waals surface area contributed by atoms with E-state index in [-0.39, 0.29) is 0 Å². The summed E-state index contributed by atoms with van der Waals surface area (Å²) >= 11 is 1.76. The fourth-order valence-corrected chi connectivity index (χ4v) is 3.31. The van der Waals surface area contributed by atoms with Crippen LogP contribution in [0.15, 0.2) is 29.8 Å². The number of thiazole rings is 1. The second kappa shape index (κ2) is 8.15. The Morgan fingerprint density at radius 1 is 1.29 bits per heavy atom. The first-order chi connectivity index (χ1) is 10.2. The molecule has 0 bridgehead atoms. The first-order valence-corrected chi connectivity index (χ1v) is 8.38. The largest absolute Gasteiger partial charge is 0.497 e. The third-order valence-corrected chi connectivity index (χ3v) is 4.67. The standard InChI is InChI=1S/C17H24N2OS/c1-4-11-18-16(17-13(2)19-12-21-17)10-7-14-5-8-15(20-3)9-6-14/h5-6,8-9,12,16,18H,4,7,10-11H2,1-3H3. The van der Waals surface area contributed by atoms with Gasteiger partial charge in [-0.25, -0.2) is 4.98 Å². The Labute approximate surface area is 131 Å². The number of nitrogens with zero attached hydrogens (tertiary/aromatic N) is 1. The molecule has 2 rings (SSSR count). The number of aryl methyl sites for hydroxylation is 2. The zero-order chi connectivity index (χ0) is 15.1. The second-order valence-electron chi connectivity index (χ2n) is 5.20. The number of ether oxygens (including phenoxy) is 1. The van der Waals surface area contributed by atoms with Crippen LogP contribution in [0.25, 0.3) is 0 Å². The normalized spacial score (nSPS) is 12.3. The highest BCUT2D eigenvalue weighted by Crippen LogP contribution is 2.26. The van der Waals surface area contributed by atoms with E-state index < -0.39 is 0 Å². The fourth-order valence-electron chi connectivity index (χ4n) is 2.39. The first-order valence-electron chi connectivity index (χ1n) is 7.51. The number of hydrogen-bond donors (Lipinski definition) is 1. The van der Waals surface area contributed by atoms with Gasteiger partial charge < -0.3 is 10.1 Å². The number of methoxy groups -OCH3 is 1. The van der Waals surface area contributed by atoms with Crippen LogP contribution >= 0.6 is 11.3 Å². The van der Waals surface area contributed by atoms with Crippen molar-refractivity contribution in [2.24, 2.45) is 0 Å². The van der Waals surface area contributed by atoms with E-state index in [1.165, 1.54) is 10.4 Å². The van der Waals surface area contributed by atoms with E-state index in [2.05, 4.69) is 36.3 Å². The van der Waals surface area contributed by atoms with Gasteiger partial charge in [-0.15, -0.1) is 11.3 Å². The van der Waals surface area contributed by atoms with Crippen LogP contribution in [0.3, 0.4) is 0 Å². The van der Waals surface area contributed by atoms with Crippen molar-refractivity contribution in [3.63, 3.8) is 0 Å². The van der Waals surface area contributed by atoms with E-state index in [4.69, 9.17) is 4.74 Å². The molecule has 1 unspecified atom stereocenters. The highest BCUT2D eigenvalue weighted by Gasteiger charge is 2.15. The van der Waals surface area contributed by atoms with E-state index in [1.54, 1.807) is 18.4 Å². The Morgan fingerprint density at radius 3 is 2.62 bits per heavy atom. The maximum atomic E-state index is 5.20. The van der Waals surface area contributed by atoms with E-state index in [0.717, 1.165) is 37.3 Å². The van der Waals surface area contributed by atoms with Crippen LogP contribution in [0.1, 0.15) is 41.9 Å². The minimum Gasteiger partial charge on any atom is -0.497 e. The molecule has 0 aliphatic heterocycles. The third kappa shape index (κ3) is 4.55. The molecule has 0 fully saturated rings. The average Bonchev–Trinajstić information content (AvgIpc) is 2.94. The van der Waals surface area contributed by atoms with Gasteiger partial charge >= 0.3 is 0 Å². The van der Waals surface area contributed by atoms with Crippen molar-refractivity contribution in [2.75, 3.05) is 13.7 Å². The number of rotatable bonds is 8. The minimum atomic E-state index is 0.402. The van der Waals surface area contributed by atoms with Crippen LogP contribution in [0, 0.1) is 6.92 Å². The van der Waals surface area contributed by atoms with Gasteiger partial charge in [0.15, 0.2) is 0 Å². The molecule has 3 nitrogen and oxygen atoms in total. The lowest BCUT2D eigenvalue weighted by molar-refractivity contribution is 0.414. The van der Waals surface area contributed by atoms with Gasteiger partial charge in [-0.2, -0.15) is 0 Å². The van der Waals surface area contributed by atoms with Crippen LogP contribution in [0.2, 0.25) is 0 Å². The molecule has 1 aromatic carbocycles. The number of hydrogen-bond acceptors (Lipinski definition) is 4. The van der Waals surface area contributed by atoms with Gasteiger partial charge in [-0.1, -0.05) is 19.1 Å². The highest BCUT2D eigenvalue weighted by atomic mass is 32.1. The summed E-state index contributed by atoms with van der Waals surface area (Å²) in [5, 5.41) is 3.65. The van der Waals surface area contributed by atoms with Gasteiger partial charge in [0.2, 0.25) is 0 Å². The predicted molar refractivity (Wildman–Crippen MR) is 89.2 cm³/mol. The Kier molecular flexibility index (Phi) is 6.21. The summed E-state index contributed by atoms with van der Waals surface area (Å²) in [7, 11) is 1.70. The maximum Gasteiger partial charge on any atom is 0.118 e. The summed E-state index contributed by atoms with van der Waals surface area (Å²) in [5.41, 5.74) is 4.45. The van der Waals surface area contributed by atoms with E-state index in [9.17, 15) is 0 Å². The summed E-state index contributed by atoms with van der Waals surface area (Å²) < 4.78 is 5.20. The van der Waals surface area contributed by atoms with Crippen LogP contribution in [-0.2, 0) is 6.42 Å². The molecule has 0 saturated heterocycles. The molecule has 1 atom stereocenters. The van der Waals surface area contributed by atoms with E-state index in [1.807, 2.05) is 17.6 Å². The number of nitrogens with one attached hydrogen (secondary N) is 1. The Morgan fingerprint density at radius 2 is 2.05 bits per heavy atom. The lowest BCUT2D eigenvalue weighted by Gasteiger charge is -2.18. The van der Waals surface area contributed by atoms with Crippen molar-refractivity contribution in [1.29, 1.82) is 0 Å². The smallest absolute Gasteiger partial charge is 0.118 e. The number of benzene rings is 1. The molecule has 1 N–H and O–H groups in total. The summed E-state index contributed by atoms with van der Waals surface area (Å²) in [5.74, 6) is 0.915. The molecular formula is C17H24N2OS. The molecule has 0 aliphatic carbocycles. The second-order valence-corrected chi connectivity index (χ2v) is 6.08. The van der Waals surface area contributed by atoms with Crippen molar-refractivity contribution in [3.05, 3.63) is 45.9 Å². The van der Waals surface area contributed by atoms with Crippen LogP contribution in [-0.4, -0.2) is 18.6 Å². The van der Waals surface area contributed by atoms with Crippen LogP contribution < -0.4 is 10.1 Å². The van der Waals surface area contributed by atoms with Gasteiger partial charge in [0.25, 0.3) is 0 Å². The highest BCUT2D eigenvalue weighted by molar-refractivity contribution is 7.09. The molecule has 0 saturated carbocycles. The van der Waals surface area contributed by atoms with Gasteiger partial charge in [0.1, 0.15) is 5.75 Å². The zero-order valence-electron chi connectivity index (χ0n) is 13.1. The molecule has 1 heterocycles. The summed E-state index contributed by atoms with van der Waals surface area (Å²) in [4.78, 5) is 5.76. The molecule has 0 amide bonds. The molecule has 114 valence electrons. The summed E-state index contributed by atoms with van der Waals surface area (Å²) in [6.45, 7) is 5.34. The monoisotopic (exact) mass is 304 g/mol. The first kappa shape index (κ1) is 16.0. The van der Waals surface area contributed by atoms with E-state index >= 15 is 0 Å².